The molecule has 2 aromatic carbocycles. The van der Waals surface area contributed by atoms with E-state index in [1.807, 2.05) is 0 Å². The number of nitrogens with one attached hydrogen (secondary N) is 1. The highest BCUT2D eigenvalue weighted by Crippen LogP contribution is 2.24. The number of hydrazone groups is 1. The lowest BCUT2D eigenvalue weighted by molar-refractivity contribution is -0.139. The van der Waals surface area contributed by atoms with Gasteiger partial charge in [-0.25, -0.2) is 15.0 Å². The van der Waals surface area contributed by atoms with E-state index in [1.54, 1.807) is 39.0 Å². The van der Waals surface area contributed by atoms with E-state index in [-0.39, 0.29) is 24.8 Å². The summed E-state index contributed by atoms with van der Waals surface area (Å²) < 4.78 is 10.2. The number of benzene rings is 2. The molecular weight excluding hydrogens is 442 g/mol. The minimum Gasteiger partial charge on any atom is -0.482 e. The first kappa shape index (κ1) is 24.4. The minimum absolute atomic E-state index is 0.105. The van der Waals surface area contributed by atoms with Gasteiger partial charge < -0.3 is 19.5 Å². The number of carboxylic acids is 1. The summed E-state index contributed by atoms with van der Waals surface area (Å²) in [6, 6.07) is 11.2. The molecule has 10 nitrogen and oxygen atoms in total. The number of carbonyl (C=O) groups is 4. The number of fused-ring (bicyclic) bond motifs is 1. The van der Waals surface area contributed by atoms with Crippen molar-refractivity contribution in [2.45, 2.75) is 32.9 Å². The first-order valence-corrected chi connectivity index (χ1v) is 10.4. The van der Waals surface area contributed by atoms with E-state index in [2.05, 4.69) is 10.5 Å². The molecule has 0 spiro atoms. The van der Waals surface area contributed by atoms with Crippen molar-refractivity contribution in [2.75, 3.05) is 13.2 Å². The van der Waals surface area contributed by atoms with E-state index in [0.29, 0.717) is 22.4 Å². The molecule has 1 heterocycles. The van der Waals surface area contributed by atoms with Gasteiger partial charge in [0.05, 0.1) is 12.8 Å². The third kappa shape index (κ3) is 6.64. The van der Waals surface area contributed by atoms with Crippen molar-refractivity contribution >= 4 is 30.0 Å². The van der Waals surface area contributed by atoms with Crippen LogP contribution in [0, 0.1) is 0 Å². The summed E-state index contributed by atoms with van der Waals surface area (Å²) in [6.07, 6.45) is 0.766. The molecule has 0 aliphatic carbocycles. The maximum atomic E-state index is 12.7. The Bertz CT molecular complexity index is 1130. The van der Waals surface area contributed by atoms with Crippen LogP contribution in [-0.4, -0.2) is 58.7 Å². The molecule has 2 N–H and O–H groups in total. The van der Waals surface area contributed by atoms with Gasteiger partial charge in [-0.1, -0.05) is 6.07 Å². The summed E-state index contributed by atoms with van der Waals surface area (Å²) >= 11 is 0. The molecule has 1 aliphatic rings. The van der Waals surface area contributed by atoms with Crippen LogP contribution in [0.3, 0.4) is 0 Å². The summed E-state index contributed by atoms with van der Waals surface area (Å²) in [5, 5.41) is 12.5. The van der Waals surface area contributed by atoms with Gasteiger partial charge >= 0.3 is 12.1 Å². The molecule has 178 valence electrons. The normalized spacial score (nSPS) is 13.0. The summed E-state index contributed by atoms with van der Waals surface area (Å²) in [5.41, 5.74) is 3.95. The lowest BCUT2D eigenvalue weighted by Gasteiger charge is -2.18. The van der Waals surface area contributed by atoms with Crippen molar-refractivity contribution < 1.29 is 33.8 Å². The number of aliphatic carboxylic acids is 1. The smallest absolute Gasteiger partial charge is 0.428 e. The predicted molar refractivity (Wildman–Crippen MR) is 122 cm³/mol. The Kier molecular flexibility index (Phi) is 7.30. The highest BCUT2D eigenvalue weighted by molar-refractivity contribution is 6.04. The molecule has 2 aromatic rings. The van der Waals surface area contributed by atoms with Crippen LogP contribution in [0.15, 0.2) is 47.6 Å². The van der Waals surface area contributed by atoms with E-state index in [1.165, 1.54) is 35.4 Å². The van der Waals surface area contributed by atoms with Gasteiger partial charge in [0.25, 0.3) is 5.91 Å². The molecule has 0 aromatic heterocycles. The standard InChI is InChI=1S/C24H25N3O7/c1-24(2,3)34-23(32)26-25-11-15-4-9-19-17(10-15)12-27(22(19)31)13-20(28)16-5-7-18(8-6-16)33-14-21(29)30/h4-11H,12-14H2,1-3H3,(H,26,32)(H,29,30). The van der Waals surface area contributed by atoms with Crippen LogP contribution in [0.1, 0.15) is 52.6 Å². The highest BCUT2D eigenvalue weighted by atomic mass is 16.6. The third-order valence-corrected chi connectivity index (χ3v) is 4.65. The van der Waals surface area contributed by atoms with Crippen molar-refractivity contribution in [3.63, 3.8) is 0 Å². The van der Waals surface area contributed by atoms with Crippen LogP contribution in [-0.2, 0) is 16.1 Å². The second-order valence-electron chi connectivity index (χ2n) is 8.58. The van der Waals surface area contributed by atoms with Gasteiger partial charge in [-0.15, -0.1) is 0 Å². The second kappa shape index (κ2) is 10.2. The number of ketones is 1. The van der Waals surface area contributed by atoms with Crippen molar-refractivity contribution in [3.8, 4) is 5.75 Å². The maximum Gasteiger partial charge on any atom is 0.428 e. The molecule has 3 rings (SSSR count). The lowest BCUT2D eigenvalue weighted by Crippen LogP contribution is -2.30. The van der Waals surface area contributed by atoms with Crippen LogP contribution in [0.4, 0.5) is 4.79 Å². The Morgan fingerprint density at radius 2 is 1.85 bits per heavy atom. The van der Waals surface area contributed by atoms with Crippen molar-refractivity contribution in [1.29, 1.82) is 0 Å². The molecule has 0 saturated carbocycles. The predicted octanol–water partition coefficient (Wildman–Crippen LogP) is 2.85. The summed E-state index contributed by atoms with van der Waals surface area (Å²) in [4.78, 5) is 49.0. The number of carbonyl (C=O) groups excluding carboxylic acids is 3. The van der Waals surface area contributed by atoms with E-state index >= 15 is 0 Å². The van der Waals surface area contributed by atoms with Gasteiger partial charge in [-0.05, 0) is 68.3 Å². The monoisotopic (exact) mass is 467 g/mol. The van der Waals surface area contributed by atoms with E-state index < -0.39 is 24.3 Å². The molecule has 0 bridgehead atoms. The van der Waals surface area contributed by atoms with Crippen LogP contribution >= 0.6 is 0 Å². The molecule has 34 heavy (non-hydrogen) atoms. The van der Waals surface area contributed by atoms with Gasteiger partial charge in [0.1, 0.15) is 11.4 Å². The molecule has 0 fully saturated rings. The Morgan fingerprint density at radius 3 is 2.50 bits per heavy atom. The SMILES string of the molecule is CC(C)(C)OC(=O)NN=Cc1ccc2c(c1)CN(CC(=O)c1ccc(OCC(=O)O)cc1)C2=O. The van der Waals surface area contributed by atoms with Crippen LogP contribution in [0.25, 0.3) is 0 Å². The zero-order valence-corrected chi connectivity index (χ0v) is 19.0. The zero-order chi connectivity index (χ0) is 24.9. The average Bonchev–Trinajstić information content (AvgIpc) is 3.06. The molecule has 0 radical (unpaired) electrons. The number of carboxylic acid groups (broad SMARTS) is 1. The molecule has 0 saturated heterocycles. The van der Waals surface area contributed by atoms with Crippen LogP contribution in [0.5, 0.6) is 5.75 Å². The maximum absolute atomic E-state index is 12.7. The van der Waals surface area contributed by atoms with Crippen LogP contribution < -0.4 is 10.2 Å². The Labute approximate surface area is 196 Å². The first-order chi connectivity index (χ1) is 16.0. The quantitative estimate of drug-likeness (QED) is 0.346. The zero-order valence-electron chi connectivity index (χ0n) is 19.0. The number of amides is 2. The minimum atomic E-state index is -1.10. The van der Waals surface area contributed by atoms with Crippen molar-refractivity contribution in [2.24, 2.45) is 5.10 Å². The van der Waals surface area contributed by atoms with E-state index in [0.717, 1.165) is 5.56 Å². The third-order valence-electron chi connectivity index (χ3n) is 4.65. The van der Waals surface area contributed by atoms with E-state index in [9.17, 15) is 19.2 Å². The topological polar surface area (TPSA) is 135 Å². The Hall–Kier alpha value is -4.21. The lowest BCUT2D eigenvalue weighted by atomic mass is 10.1. The van der Waals surface area contributed by atoms with Gasteiger partial charge in [0.2, 0.25) is 0 Å². The molecule has 0 unspecified atom stereocenters. The summed E-state index contributed by atoms with van der Waals surface area (Å²) in [5.74, 6) is -1.27. The molecule has 2 amide bonds. The average molecular weight is 467 g/mol. The molecule has 0 atom stereocenters. The molecular formula is C24H25N3O7. The van der Waals surface area contributed by atoms with E-state index in [4.69, 9.17) is 14.6 Å². The number of hydrogen-bond donors (Lipinski definition) is 2. The number of nitrogens with zero attached hydrogens (tertiary/aromatic N) is 2. The second-order valence-corrected chi connectivity index (χ2v) is 8.58. The number of hydrogen-bond acceptors (Lipinski definition) is 7. The van der Waals surface area contributed by atoms with Gasteiger partial charge in [-0.2, -0.15) is 5.10 Å². The Balaban J connectivity index is 1.58. The highest BCUT2D eigenvalue weighted by Gasteiger charge is 2.29. The first-order valence-electron chi connectivity index (χ1n) is 10.4. The van der Waals surface area contributed by atoms with Crippen LogP contribution in [0.2, 0.25) is 0 Å². The fourth-order valence-corrected chi connectivity index (χ4v) is 3.22. The number of Topliss-reactive ketones (excluding diaryl/α,β-unsaturated/α-hetero) is 1. The van der Waals surface area contributed by atoms with Crippen molar-refractivity contribution in [1.82, 2.24) is 10.3 Å². The van der Waals surface area contributed by atoms with Gasteiger partial charge in [-0.3, -0.25) is 9.59 Å². The fourth-order valence-electron chi connectivity index (χ4n) is 3.22. The molecule has 1 aliphatic heterocycles. The largest absolute Gasteiger partial charge is 0.482 e. The van der Waals surface area contributed by atoms with Crippen molar-refractivity contribution in [3.05, 3.63) is 64.7 Å². The molecule has 10 heteroatoms. The summed E-state index contributed by atoms with van der Waals surface area (Å²) in [7, 11) is 0. The van der Waals surface area contributed by atoms with Gasteiger partial charge in [0.15, 0.2) is 12.4 Å². The summed E-state index contributed by atoms with van der Waals surface area (Å²) in [6.45, 7) is 4.92. The fraction of sp³-hybridized carbons (Fsp3) is 0.292. The van der Waals surface area contributed by atoms with Gasteiger partial charge in [0, 0.05) is 17.7 Å². The number of ether oxygens (including phenoxy) is 2. The number of rotatable bonds is 8. The Morgan fingerprint density at radius 1 is 1.15 bits per heavy atom.